The predicted octanol–water partition coefficient (Wildman–Crippen LogP) is 5.27. The molecular weight excluding hydrogens is 395 g/mol. The Morgan fingerprint density at radius 2 is 2.07 bits per heavy atom. The highest BCUT2D eigenvalue weighted by Gasteiger charge is 2.16. The summed E-state index contributed by atoms with van der Waals surface area (Å²) in [6.45, 7) is 5.04. The van der Waals surface area contributed by atoms with Crippen LogP contribution in [0.2, 0.25) is 5.02 Å². The van der Waals surface area contributed by atoms with Gasteiger partial charge >= 0.3 is 0 Å². The van der Waals surface area contributed by atoms with Crippen molar-refractivity contribution >= 4 is 35.0 Å². The van der Waals surface area contributed by atoms with Gasteiger partial charge in [0.2, 0.25) is 5.91 Å². The van der Waals surface area contributed by atoms with E-state index in [1.807, 2.05) is 0 Å². The Bertz CT molecular complexity index is 800. The van der Waals surface area contributed by atoms with Crippen molar-refractivity contribution in [2.45, 2.75) is 32.1 Å². The first-order chi connectivity index (χ1) is 13.5. The first kappa shape index (κ1) is 21.0. The van der Waals surface area contributed by atoms with Crippen molar-refractivity contribution in [2.75, 3.05) is 23.7 Å². The normalized spacial score (nSPS) is 16.8. The molecule has 1 amide bonds. The Balaban J connectivity index is 1.40. The van der Waals surface area contributed by atoms with Crippen LogP contribution in [0.3, 0.4) is 0 Å². The van der Waals surface area contributed by atoms with Crippen LogP contribution in [0.25, 0.3) is 0 Å². The van der Waals surface area contributed by atoms with Gasteiger partial charge in [0.1, 0.15) is 5.82 Å². The molecule has 28 heavy (non-hydrogen) atoms. The molecule has 3 rings (SSSR count). The summed E-state index contributed by atoms with van der Waals surface area (Å²) in [4.78, 5) is 14.5. The zero-order valence-electron chi connectivity index (χ0n) is 16.1. The second-order valence-electron chi connectivity index (χ2n) is 7.37. The summed E-state index contributed by atoms with van der Waals surface area (Å²) in [5, 5.41) is 3.31. The van der Waals surface area contributed by atoms with E-state index in [1.54, 1.807) is 12.1 Å². The van der Waals surface area contributed by atoms with Crippen LogP contribution in [0.1, 0.15) is 30.9 Å². The van der Waals surface area contributed by atoms with Gasteiger partial charge < -0.3 is 10.2 Å². The molecule has 1 unspecified atom stereocenters. The molecule has 1 heterocycles. The van der Waals surface area contributed by atoms with E-state index in [2.05, 4.69) is 41.4 Å². The highest BCUT2D eigenvalue weighted by atomic mass is 35.5. The lowest BCUT2D eigenvalue weighted by molar-refractivity contribution is -0.118. The second kappa shape index (κ2) is 10.2. The fourth-order valence-electron chi connectivity index (χ4n) is 3.39. The van der Waals surface area contributed by atoms with E-state index in [0.29, 0.717) is 28.6 Å². The highest BCUT2D eigenvalue weighted by Crippen LogP contribution is 2.23. The number of hydrogen-bond donors (Lipinski definition) is 1. The van der Waals surface area contributed by atoms with E-state index in [9.17, 15) is 9.18 Å². The molecule has 2 aromatic carbocycles. The number of anilines is 1. The number of carbonyl (C=O) groups excluding carboxylic acids is 1. The third-order valence-electron chi connectivity index (χ3n) is 4.95. The van der Waals surface area contributed by atoms with Crippen LogP contribution in [0.15, 0.2) is 42.5 Å². The Kier molecular flexibility index (Phi) is 7.63. The van der Waals surface area contributed by atoms with Gasteiger partial charge in [-0.25, -0.2) is 4.39 Å². The maximum Gasteiger partial charge on any atom is 0.230 e. The zero-order chi connectivity index (χ0) is 19.9. The van der Waals surface area contributed by atoms with Crippen molar-refractivity contribution in [1.82, 2.24) is 5.32 Å². The van der Waals surface area contributed by atoms with Gasteiger partial charge in [-0.3, -0.25) is 4.79 Å². The standard InChI is InChI=1S/C22H26ClFN2OS/c1-16-3-2-10-26(13-16)20-8-4-17(5-9-20)12-25-22(27)15-28-14-18-6-7-19(23)11-21(18)24/h4-9,11,16H,2-3,10,12-15H2,1H3,(H,25,27). The number of nitrogens with one attached hydrogen (secondary N) is 1. The van der Waals surface area contributed by atoms with Gasteiger partial charge in [0.15, 0.2) is 0 Å². The van der Waals surface area contributed by atoms with Crippen molar-refractivity contribution in [3.8, 4) is 0 Å². The van der Waals surface area contributed by atoms with Gasteiger partial charge in [0.05, 0.1) is 5.75 Å². The number of rotatable bonds is 7. The minimum Gasteiger partial charge on any atom is -0.371 e. The first-order valence-electron chi connectivity index (χ1n) is 9.63. The Morgan fingerprint density at radius 3 is 2.79 bits per heavy atom. The number of carbonyl (C=O) groups is 1. The SMILES string of the molecule is CC1CCCN(c2ccc(CNC(=O)CSCc3ccc(Cl)cc3F)cc2)C1. The third-order valence-corrected chi connectivity index (χ3v) is 6.17. The minimum atomic E-state index is -0.330. The average molecular weight is 421 g/mol. The third kappa shape index (κ3) is 6.14. The molecule has 1 N–H and O–H groups in total. The van der Waals surface area contributed by atoms with Gasteiger partial charge in [-0.2, -0.15) is 0 Å². The number of hydrogen-bond acceptors (Lipinski definition) is 3. The molecule has 0 aliphatic carbocycles. The average Bonchev–Trinajstić information content (AvgIpc) is 2.68. The maximum absolute atomic E-state index is 13.7. The van der Waals surface area contributed by atoms with E-state index >= 15 is 0 Å². The fourth-order valence-corrected chi connectivity index (χ4v) is 4.39. The fraction of sp³-hybridized carbons (Fsp3) is 0.409. The number of piperidine rings is 1. The van der Waals surface area contributed by atoms with E-state index in [-0.39, 0.29) is 11.7 Å². The molecule has 0 aromatic heterocycles. The molecule has 1 aliphatic heterocycles. The molecule has 3 nitrogen and oxygen atoms in total. The van der Waals surface area contributed by atoms with Crippen LogP contribution in [0, 0.1) is 11.7 Å². The van der Waals surface area contributed by atoms with E-state index in [4.69, 9.17) is 11.6 Å². The number of thioether (sulfide) groups is 1. The molecule has 6 heteroatoms. The van der Waals surface area contributed by atoms with Gasteiger partial charge in [-0.1, -0.05) is 36.7 Å². The quantitative estimate of drug-likeness (QED) is 0.662. The van der Waals surface area contributed by atoms with E-state index < -0.39 is 0 Å². The maximum atomic E-state index is 13.7. The lowest BCUT2D eigenvalue weighted by Gasteiger charge is -2.32. The monoisotopic (exact) mass is 420 g/mol. The van der Waals surface area contributed by atoms with Crippen molar-refractivity contribution < 1.29 is 9.18 Å². The molecule has 0 spiro atoms. The predicted molar refractivity (Wildman–Crippen MR) is 116 cm³/mol. The van der Waals surface area contributed by atoms with E-state index in [0.717, 1.165) is 24.6 Å². The first-order valence-corrected chi connectivity index (χ1v) is 11.2. The molecule has 0 saturated carbocycles. The number of halogens is 2. The molecular formula is C22H26ClFN2OS. The largest absolute Gasteiger partial charge is 0.371 e. The molecule has 1 saturated heterocycles. The minimum absolute atomic E-state index is 0.0479. The molecule has 1 fully saturated rings. The molecule has 1 aliphatic rings. The summed E-state index contributed by atoms with van der Waals surface area (Å²) in [5.74, 6) is 1.11. The van der Waals surface area contributed by atoms with Crippen LogP contribution in [0.5, 0.6) is 0 Å². The Hall–Kier alpha value is -1.72. The summed E-state index contributed by atoms with van der Waals surface area (Å²) in [6.07, 6.45) is 2.56. The van der Waals surface area contributed by atoms with Crippen LogP contribution >= 0.6 is 23.4 Å². The summed E-state index contributed by atoms with van der Waals surface area (Å²) < 4.78 is 13.7. The smallest absolute Gasteiger partial charge is 0.230 e. The molecule has 1 atom stereocenters. The second-order valence-corrected chi connectivity index (χ2v) is 8.79. The van der Waals surface area contributed by atoms with Crippen molar-refractivity contribution in [1.29, 1.82) is 0 Å². The van der Waals surface area contributed by atoms with Crippen LogP contribution < -0.4 is 10.2 Å². The van der Waals surface area contributed by atoms with Gasteiger partial charge in [0, 0.05) is 36.1 Å². The molecule has 0 radical (unpaired) electrons. The molecule has 2 aromatic rings. The molecule has 150 valence electrons. The summed E-state index contributed by atoms with van der Waals surface area (Å²) >= 11 is 7.14. The summed E-state index contributed by atoms with van der Waals surface area (Å²) in [5.41, 5.74) is 2.89. The van der Waals surface area contributed by atoms with Crippen LogP contribution in [0.4, 0.5) is 10.1 Å². The number of nitrogens with zero attached hydrogens (tertiary/aromatic N) is 1. The Labute approximate surface area is 175 Å². The summed E-state index contributed by atoms with van der Waals surface area (Å²) in [7, 11) is 0. The van der Waals surface area contributed by atoms with Crippen LogP contribution in [-0.4, -0.2) is 24.7 Å². The van der Waals surface area contributed by atoms with Crippen molar-refractivity contribution in [3.05, 3.63) is 64.4 Å². The van der Waals surface area contributed by atoms with Crippen molar-refractivity contribution in [3.63, 3.8) is 0 Å². The van der Waals surface area contributed by atoms with Crippen molar-refractivity contribution in [2.24, 2.45) is 5.92 Å². The number of benzene rings is 2. The topological polar surface area (TPSA) is 32.3 Å². The van der Waals surface area contributed by atoms with Gasteiger partial charge in [-0.15, -0.1) is 11.8 Å². The Morgan fingerprint density at radius 1 is 1.29 bits per heavy atom. The lowest BCUT2D eigenvalue weighted by Crippen LogP contribution is -2.34. The van der Waals surface area contributed by atoms with Crippen LogP contribution in [-0.2, 0) is 17.1 Å². The summed E-state index contributed by atoms with van der Waals surface area (Å²) in [6, 6.07) is 13.0. The zero-order valence-corrected chi connectivity index (χ0v) is 17.7. The highest BCUT2D eigenvalue weighted by molar-refractivity contribution is 7.99. The molecule has 0 bridgehead atoms. The van der Waals surface area contributed by atoms with E-state index in [1.165, 1.54) is 36.4 Å². The number of amides is 1. The lowest BCUT2D eigenvalue weighted by atomic mass is 9.99. The van der Waals surface area contributed by atoms with Gasteiger partial charge in [0.25, 0.3) is 0 Å². The van der Waals surface area contributed by atoms with Gasteiger partial charge in [-0.05, 0) is 54.2 Å².